The highest BCUT2D eigenvalue weighted by Gasteiger charge is 2.19. The number of halogens is 2. The molecule has 1 aromatic carbocycles. The summed E-state index contributed by atoms with van der Waals surface area (Å²) >= 11 is 13.8. The van der Waals surface area contributed by atoms with Crippen LogP contribution >= 0.6 is 34.5 Å². The maximum Gasteiger partial charge on any atom is 0.149 e. The average molecular weight is 395 g/mol. The zero-order chi connectivity index (χ0) is 18.3. The third kappa shape index (κ3) is 3.60. The Morgan fingerprint density at radius 2 is 1.92 bits per heavy atom. The molecule has 0 radical (unpaired) electrons. The molecule has 25 heavy (non-hydrogen) atoms. The molecule has 3 aromatic rings. The van der Waals surface area contributed by atoms with Gasteiger partial charge in [0.15, 0.2) is 0 Å². The molecule has 0 fully saturated rings. The fourth-order valence-electron chi connectivity index (χ4n) is 2.74. The van der Waals surface area contributed by atoms with E-state index in [0.717, 1.165) is 21.6 Å². The van der Waals surface area contributed by atoms with Crippen LogP contribution in [0.15, 0.2) is 18.2 Å². The molecule has 7 heteroatoms. The van der Waals surface area contributed by atoms with Crippen LogP contribution in [-0.2, 0) is 6.54 Å². The Bertz CT molecular complexity index is 938. The van der Waals surface area contributed by atoms with Crippen molar-refractivity contribution in [3.63, 3.8) is 0 Å². The summed E-state index contributed by atoms with van der Waals surface area (Å²) in [4.78, 5) is 13.6. The molecular weight excluding hydrogens is 375 g/mol. The van der Waals surface area contributed by atoms with E-state index in [-0.39, 0.29) is 6.04 Å². The van der Waals surface area contributed by atoms with Crippen LogP contribution in [0.2, 0.25) is 10.0 Å². The number of fused-ring (bicyclic) bond motifs is 1. The number of nitrogens with two attached hydrogens (primary N) is 1. The summed E-state index contributed by atoms with van der Waals surface area (Å²) in [5.41, 5.74) is 8.45. The summed E-state index contributed by atoms with van der Waals surface area (Å²) in [6.07, 6.45) is 0. The van der Waals surface area contributed by atoms with Crippen LogP contribution in [0.5, 0.6) is 0 Å². The zero-order valence-corrected chi connectivity index (χ0v) is 16.9. The van der Waals surface area contributed by atoms with Crippen molar-refractivity contribution in [3.05, 3.63) is 50.1 Å². The van der Waals surface area contributed by atoms with Gasteiger partial charge in [-0.3, -0.25) is 4.90 Å². The summed E-state index contributed by atoms with van der Waals surface area (Å²) < 4.78 is 0. The van der Waals surface area contributed by atoms with Crippen LogP contribution in [0.4, 0.5) is 5.82 Å². The summed E-state index contributed by atoms with van der Waals surface area (Å²) in [5.74, 6) is 1.28. The van der Waals surface area contributed by atoms with Crippen molar-refractivity contribution in [2.45, 2.75) is 33.4 Å². The quantitative estimate of drug-likeness (QED) is 0.644. The lowest BCUT2D eigenvalue weighted by Crippen LogP contribution is -2.24. The van der Waals surface area contributed by atoms with Gasteiger partial charge in [-0.2, -0.15) is 0 Å². The minimum absolute atomic E-state index is 0.0175. The number of hydrogen-bond acceptors (Lipinski definition) is 5. The number of nitrogen functional groups attached to an aromatic ring is 1. The predicted molar refractivity (Wildman–Crippen MR) is 108 cm³/mol. The molecule has 0 bridgehead atoms. The smallest absolute Gasteiger partial charge is 0.149 e. The van der Waals surface area contributed by atoms with Crippen molar-refractivity contribution in [2.24, 2.45) is 0 Å². The van der Waals surface area contributed by atoms with Crippen LogP contribution in [-0.4, -0.2) is 21.9 Å². The standard InChI is InChI=1S/C18H20Cl2N4S/c1-9-11(3)25-18-15(9)16(21)22-17(23-18)10(2)24(4)8-12-5-6-13(19)14(20)7-12/h5-7,10H,8H2,1-4H3,(H2,21,22,23). The lowest BCUT2D eigenvalue weighted by atomic mass is 10.1. The normalized spacial score (nSPS) is 12.9. The van der Waals surface area contributed by atoms with Gasteiger partial charge in [0.05, 0.1) is 21.5 Å². The van der Waals surface area contributed by atoms with Gasteiger partial charge in [-0.05, 0) is 51.1 Å². The Morgan fingerprint density at radius 3 is 2.60 bits per heavy atom. The van der Waals surface area contributed by atoms with Crippen LogP contribution in [0.3, 0.4) is 0 Å². The van der Waals surface area contributed by atoms with E-state index in [1.165, 1.54) is 10.4 Å². The first-order valence-electron chi connectivity index (χ1n) is 7.95. The molecule has 0 aliphatic carbocycles. The molecule has 3 rings (SSSR count). The lowest BCUT2D eigenvalue weighted by molar-refractivity contribution is 0.244. The number of thiophene rings is 1. The molecule has 1 atom stereocenters. The Hall–Kier alpha value is -1.40. The molecule has 1 unspecified atom stereocenters. The maximum atomic E-state index is 6.20. The van der Waals surface area contributed by atoms with E-state index in [1.54, 1.807) is 11.3 Å². The third-order valence-electron chi connectivity index (χ3n) is 4.52. The first-order valence-corrected chi connectivity index (χ1v) is 9.52. The van der Waals surface area contributed by atoms with Gasteiger partial charge < -0.3 is 5.73 Å². The van der Waals surface area contributed by atoms with E-state index in [1.807, 2.05) is 25.2 Å². The fraction of sp³-hybridized carbons (Fsp3) is 0.333. The number of aryl methyl sites for hydroxylation is 2. The van der Waals surface area contributed by atoms with Crippen molar-refractivity contribution in [1.29, 1.82) is 0 Å². The Kier molecular flexibility index (Phi) is 5.21. The first kappa shape index (κ1) is 18.4. The van der Waals surface area contributed by atoms with E-state index < -0.39 is 0 Å². The Morgan fingerprint density at radius 1 is 1.20 bits per heavy atom. The second-order valence-electron chi connectivity index (χ2n) is 6.27. The molecule has 0 saturated heterocycles. The largest absolute Gasteiger partial charge is 0.383 e. The van der Waals surface area contributed by atoms with E-state index in [2.05, 4.69) is 30.7 Å². The SMILES string of the molecule is Cc1sc2nc(C(C)N(C)Cc3ccc(Cl)c(Cl)c3)nc(N)c2c1C. The number of aromatic nitrogens is 2. The first-order chi connectivity index (χ1) is 11.8. The molecule has 2 aromatic heterocycles. The second kappa shape index (κ2) is 7.08. The Balaban J connectivity index is 1.87. The van der Waals surface area contributed by atoms with Crippen LogP contribution < -0.4 is 5.73 Å². The highest BCUT2D eigenvalue weighted by molar-refractivity contribution is 7.18. The second-order valence-corrected chi connectivity index (χ2v) is 8.29. The van der Waals surface area contributed by atoms with Crippen LogP contribution in [0.25, 0.3) is 10.2 Å². The molecular formula is C18H20Cl2N4S. The number of anilines is 1. The molecule has 4 nitrogen and oxygen atoms in total. The minimum Gasteiger partial charge on any atom is -0.383 e. The molecule has 0 spiro atoms. The number of nitrogens with zero attached hydrogens (tertiary/aromatic N) is 3. The van der Waals surface area contributed by atoms with Gasteiger partial charge in [0, 0.05) is 11.4 Å². The fourth-order valence-corrected chi connectivity index (χ4v) is 4.11. The molecule has 132 valence electrons. The van der Waals surface area contributed by atoms with E-state index >= 15 is 0 Å². The predicted octanol–water partition coefficient (Wildman–Crippen LogP) is 5.39. The Labute approximate surface area is 161 Å². The van der Waals surface area contributed by atoms with Crippen molar-refractivity contribution in [2.75, 3.05) is 12.8 Å². The molecule has 0 saturated carbocycles. The minimum atomic E-state index is 0.0175. The van der Waals surface area contributed by atoms with Crippen molar-refractivity contribution in [3.8, 4) is 0 Å². The molecule has 0 aliphatic heterocycles. The van der Waals surface area contributed by atoms with Gasteiger partial charge in [0.25, 0.3) is 0 Å². The maximum absolute atomic E-state index is 6.20. The van der Waals surface area contributed by atoms with Crippen LogP contribution in [0, 0.1) is 13.8 Å². The topological polar surface area (TPSA) is 55.0 Å². The monoisotopic (exact) mass is 394 g/mol. The summed E-state index contributed by atoms with van der Waals surface area (Å²) in [7, 11) is 2.03. The zero-order valence-electron chi connectivity index (χ0n) is 14.6. The van der Waals surface area contributed by atoms with Crippen molar-refractivity contribution in [1.82, 2.24) is 14.9 Å². The van der Waals surface area contributed by atoms with Gasteiger partial charge in [-0.1, -0.05) is 29.3 Å². The van der Waals surface area contributed by atoms with Crippen molar-refractivity contribution >= 4 is 50.6 Å². The highest BCUT2D eigenvalue weighted by atomic mass is 35.5. The van der Waals surface area contributed by atoms with Crippen molar-refractivity contribution < 1.29 is 0 Å². The van der Waals surface area contributed by atoms with Gasteiger partial charge in [-0.25, -0.2) is 9.97 Å². The summed E-state index contributed by atoms with van der Waals surface area (Å²) in [6, 6.07) is 5.69. The van der Waals surface area contributed by atoms with Gasteiger partial charge >= 0.3 is 0 Å². The highest BCUT2D eigenvalue weighted by Crippen LogP contribution is 2.33. The number of rotatable bonds is 4. The van der Waals surface area contributed by atoms with E-state index in [0.29, 0.717) is 22.4 Å². The van der Waals surface area contributed by atoms with Gasteiger partial charge in [0.2, 0.25) is 0 Å². The van der Waals surface area contributed by atoms with Gasteiger partial charge in [0.1, 0.15) is 16.5 Å². The van der Waals surface area contributed by atoms with Crippen LogP contribution in [0.1, 0.15) is 34.8 Å². The average Bonchev–Trinajstić information content (AvgIpc) is 2.85. The third-order valence-corrected chi connectivity index (χ3v) is 6.36. The lowest BCUT2D eigenvalue weighted by Gasteiger charge is -2.24. The molecule has 2 N–H and O–H groups in total. The summed E-state index contributed by atoms with van der Waals surface area (Å²) in [5, 5.41) is 2.10. The summed E-state index contributed by atoms with van der Waals surface area (Å²) in [6.45, 7) is 6.93. The number of hydrogen-bond donors (Lipinski definition) is 1. The number of benzene rings is 1. The van der Waals surface area contributed by atoms with E-state index in [9.17, 15) is 0 Å². The molecule has 0 amide bonds. The van der Waals surface area contributed by atoms with Gasteiger partial charge in [-0.15, -0.1) is 11.3 Å². The molecule has 2 heterocycles. The molecule has 0 aliphatic rings. The van der Waals surface area contributed by atoms with E-state index in [4.69, 9.17) is 33.9 Å².